The molecule has 1 atom stereocenters. The van der Waals surface area contributed by atoms with Crippen LogP contribution in [0, 0.1) is 21.4 Å². The second-order valence-corrected chi connectivity index (χ2v) is 8.38. The first-order valence-electron chi connectivity index (χ1n) is 10.5. The van der Waals surface area contributed by atoms with E-state index in [0.717, 1.165) is 0 Å². The van der Waals surface area contributed by atoms with E-state index in [0.29, 0.717) is 17.7 Å². The topological polar surface area (TPSA) is 138 Å². The van der Waals surface area contributed by atoms with Crippen LogP contribution in [0.3, 0.4) is 0 Å². The first kappa shape index (κ1) is 24.9. The zero-order chi connectivity index (χ0) is 26.0. The minimum Gasteiger partial charge on any atom is -0.491 e. The number of allylic oxidation sites excluding steroid dienone is 1. The highest BCUT2D eigenvalue weighted by Gasteiger charge is 2.32. The Morgan fingerprint density at radius 3 is 2.56 bits per heavy atom. The van der Waals surface area contributed by atoms with Crippen LogP contribution in [0.25, 0.3) is 0 Å². The molecule has 182 valence electrons. The number of hydrogen-bond acceptors (Lipinski definition) is 8. The van der Waals surface area contributed by atoms with Crippen LogP contribution in [0.4, 0.5) is 5.69 Å². The maximum atomic E-state index is 12.7. The molecule has 3 aromatic carbocycles. The van der Waals surface area contributed by atoms with Gasteiger partial charge in [0, 0.05) is 23.8 Å². The van der Waals surface area contributed by atoms with Crippen LogP contribution in [0.2, 0.25) is 10.0 Å². The highest BCUT2D eigenvalue weighted by molar-refractivity contribution is 6.37. The molecule has 11 heteroatoms. The number of fused-ring (bicyclic) bond motifs is 1. The van der Waals surface area contributed by atoms with Gasteiger partial charge in [-0.15, -0.1) is 0 Å². The molecule has 0 fully saturated rings. The van der Waals surface area contributed by atoms with Gasteiger partial charge in [0.25, 0.3) is 5.69 Å². The summed E-state index contributed by atoms with van der Waals surface area (Å²) in [5.74, 6) is -0.972. The predicted molar refractivity (Wildman–Crippen MR) is 131 cm³/mol. The van der Waals surface area contributed by atoms with Crippen molar-refractivity contribution in [2.45, 2.75) is 12.8 Å². The largest absolute Gasteiger partial charge is 0.491 e. The highest BCUT2D eigenvalue weighted by atomic mass is 35.5. The molecule has 0 amide bonds. The number of nitrogens with two attached hydrogens (primary N) is 1. The molecule has 0 radical (unpaired) electrons. The summed E-state index contributed by atoms with van der Waals surface area (Å²) >= 11 is 12.4. The van der Waals surface area contributed by atoms with Crippen LogP contribution < -0.4 is 19.9 Å². The summed E-state index contributed by atoms with van der Waals surface area (Å²) < 4.78 is 16.5. The molecule has 2 N–H and O–H groups in total. The molecule has 4 rings (SSSR count). The van der Waals surface area contributed by atoms with Gasteiger partial charge in [0.05, 0.1) is 33.1 Å². The monoisotopic (exact) mass is 525 g/mol. The molecule has 36 heavy (non-hydrogen) atoms. The number of ether oxygens (including phenoxy) is 3. The Morgan fingerprint density at radius 2 is 1.92 bits per heavy atom. The van der Waals surface area contributed by atoms with E-state index in [9.17, 15) is 20.2 Å². The van der Waals surface area contributed by atoms with E-state index in [1.165, 1.54) is 42.5 Å². The fourth-order valence-corrected chi connectivity index (χ4v) is 4.38. The summed E-state index contributed by atoms with van der Waals surface area (Å²) in [6, 6.07) is 15.3. The molecule has 1 aliphatic heterocycles. The van der Waals surface area contributed by atoms with Crippen LogP contribution >= 0.6 is 23.2 Å². The molecule has 0 aliphatic carbocycles. The number of carbonyl (C=O) groups is 1. The first-order valence-corrected chi connectivity index (χ1v) is 11.3. The van der Waals surface area contributed by atoms with Gasteiger partial charge in [-0.1, -0.05) is 41.4 Å². The van der Waals surface area contributed by atoms with Crippen LogP contribution in [0.1, 0.15) is 34.3 Å². The van der Waals surface area contributed by atoms with Gasteiger partial charge in [0.15, 0.2) is 5.75 Å². The normalized spacial score (nSPS) is 14.3. The van der Waals surface area contributed by atoms with Crippen molar-refractivity contribution in [2.24, 2.45) is 5.73 Å². The smallest absolute Gasteiger partial charge is 0.343 e. The van der Waals surface area contributed by atoms with Crippen LogP contribution in [-0.4, -0.2) is 17.5 Å². The summed E-state index contributed by atoms with van der Waals surface area (Å²) in [4.78, 5) is 23.5. The lowest BCUT2D eigenvalue weighted by Gasteiger charge is -2.26. The van der Waals surface area contributed by atoms with Gasteiger partial charge >= 0.3 is 5.97 Å². The lowest BCUT2D eigenvalue weighted by atomic mass is 9.83. The molecule has 0 spiro atoms. The molecule has 0 saturated heterocycles. The molecule has 0 saturated carbocycles. The lowest BCUT2D eigenvalue weighted by molar-refractivity contribution is -0.384. The third-order valence-electron chi connectivity index (χ3n) is 5.34. The first-order chi connectivity index (χ1) is 17.2. The number of benzene rings is 3. The molecule has 0 bridgehead atoms. The van der Waals surface area contributed by atoms with E-state index < -0.39 is 16.8 Å². The third kappa shape index (κ3) is 4.77. The number of halogens is 2. The van der Waals surface area contributed by atoms with Gasteiger partial charge in [0.2, 0.25) is 5.88 Å². The quantitative estimate of drug-likeness (QED) is 0.186. The second kappa shape index (κ2) is 10.2. The average molecular weight is 526 g/mol. The Bertz CT molecular complexity index is 1440. The van der Waals surface area contributed by atoms with Gasteiger partial charge in [-0.2, -0.15) is 5.26 Å². The van der Waals surface area contributed by atoms with Gasteiger partial charge in [-0.25, -0.2) is 4.79 Å². The number of nitro benzene ring substituents is 1. The molecule has 1 heterocycles. The van der Waals surface area contributed by atoms with E-state index in [2.05, 4.69) is 0 Å². The lowest BCUT2D eigenvalue weighted by Crippen LogP contribution is -2.21. The van der Waals surface area contributed by atoms with Crippen molar-refractivity contribution in [1.82, 2.24) is 0 Å². The van der Waals surface area contributed by atoms with E-state index in [-0.39, 0.29) is 50.0 Å². The SMILES string of the molecule is CCOc1c(Cl)cc(C(=O)Oc2ccc3c(c2)OC(N)=C(C#N)C3c2cccc([N+](=O)[O-])c2)cc1Cl. The number of esters is 1. The average Bonchev–Trinajstić information content (AvgIpc) is 2.85. The Kier molecular flexibility index (Phi) is 7.01. The van der Waals surface area contributed by atoms with Crippen LogP contribution in [-0.2, 0) is 0 Å². The van der Waals surface area contributed by atoms with Crippen molar-refractivity contribution < 1.29 is 23.9 Å². The number of non-ortho nitro benzene ring substituents is 1. The fourth-order valence-electron chi connectivity index (χ4n) is 3.79. The van der Waals surface area contributed by atoms with E-state index in [4.69, 9.17) is 43.1 Å². The molecule has 3 aromatic rings. The summed E-state index contributed by atoms with van der Waals surface area (Å²) in [6.07, 6.45) is 0. The molecule has 0 aromatic heterocycles. The summed E-state index contributed by atoms with van der Waals surface area (Å²) in [5.41, 5.74) is 7.08. The van der Waals surface area contributed by atoms with E-state index >= 15 is 0 Å². The number of nitro groups is 1. The number of rotatable bonds is 6. The summed E-state index contributed by atoms with van der Waals surface area (Å²) in [6.45, 7) is 2.12. The van der Waals surface area contributed by atoms with Crippen molar-refractivity contribution >= 4 is 34.9 Å². The summed E-state index contributed by atoms with van der Waals surface area (Å²) in [5, 5.41) is 21.3. The third-order valence-corrected chi connectivity index (χ3v) is 5.90. The Hall–Kier alpha value is -4.26. The van der Waals surface area contributed by atoms with Crippen molar-refractivity contribution in [3.8, 4) is 23.3 Å². The highest BCUT2D eigenvalue weighted by Crippen LogP contribution is 2.44. The molecule has 1 unspecified atom stereocenters. The van der Waals surface area contributed by atoms with E-state index in [1.807, 2.05) is 6.07 Å². The van der Waals surface area contributed by atoms with E-state index in [1.54, 1.807) is 19.1 Å². The fraction of sp³-hybridized carbons (Fsp3) is 0.120. The molecule has 9 nitrogen and oxygen atoms in total. The second-order valence-electron chi connectivity index (χ2n) is 7.57. The van der Waals surface area contributed by atoms with Crippen molar-refractivity contribution in [1.29, 1.82) is 5.26 Å². The molecular formula is C25H17Cl2N3O6. The maximum Gasteiger partial charge on any atom is 0.343 e. The Labute approximate surface area is 215 Å². The predicted octanol–water partition coefficient (Wildman–Crippen LogP) is 5.74. The Balaban J connectivity index is 1.67. The van der Waals surface area contributed by atoms with Gasteiger partial charge in [-0.3, -0.25) is 10.1 Å². The molecule has 1 aliphatic rings. The van der Waals surface area contributed by atoms with Gasteiger partial charge < -0.3 is 19.9 Å². The zero-order valence-corrected chi connectivity index (χ0v) is 20.2. The summed E-state index contributed by atoms with van der Waals surface area (Å²) in [7, 11) is 0. The maximum absolute atomic E-state index is 12.7. The number of nitriles is 1. The van der Waals surface area contributed by atoms with Crippen molar-refractivity contribution in [3.05, 3.63) is 103 Å². The number of nitrogens with zero attached hydrogens (tertiary/aromatic N) is 2. The minimum absolute atomic E-state index is 0.103. The van der Waals surface area contributed by atoms with Crippen molar-refractivity contribution in [3.63, 3.8) is 0 Å². The van der Waals surface area contributed by atoms with Gasteiger partial charge in [-0.05, 0) is 30.7 Å². The Morgan fingerprint density at radius 1 is 1.19 bits per heavy atom. The molecular weight excluding hydrogens is 509 g/mol. The van der Waals surface area contributed by atoms with Crippen LogP contribution in [0.15, 0.2) is 66.1 Å². The zero-order valence-electron chi connectivity index (χ0n) is 18.7. The van der Waals surface area contributed by atoms with Crippen LogP contribution in [0.5, 0.6) is 17.2 Å². The number of hydrogen-bond donors (Lipinski definition) is 1. The standard InChI is InChI=1S/C25H17Cl2N3O6/c1-2-34-23-19(26)9-14(10-20(23)27)25(31)35-16-6-7-17-21(11-16)36-24(29)18(12-28)22(17)13-4-3-5-15(8-13)30(32)33/h3-11,22H,2,29H2,1H3. The minimum atomic E-state index is -0.728. The number of carbonyl (C=O) groups excluding carboxylic acids is 1. The van der Waals surface area contributed by atoms with Gasteiger partial charge in [0.1, 0.15) is 23.1 Å². The van der Waals surface area contributed by atoms with Crippen molar-refractivity contribution in [2.75, 3.05) is 6.61 Å².